The lowest BCUT2D eigenvalue weighted by Crippen LogP contribution is -2.24. The number of hydrogen-bond donors (Lipinski definition) is 1. The van der Waals surface area contributed by atoms with Gasteiger partial charge in [-0.2, -0.15) is 0 Å². The van der Waals surface area contributed by atoms with Crippen LogP contribution in [0.25, 0.3) is 11.3 Å². The fourth-order valence-electron chi connectivity index (χ4n) is 2.09. The van der Waals surface area contributed by atoms with Crippen molar-refractivity contribution in [1.29, 1.82) is 0 Å². The topological polar surface area (TPSA) is 54.9 Å². The van der Waals surface area contributed by atoms with E-state index in [1.165, 1.54) is 0 Å². The summed E-state index contributed by atoms with van der Waals surface area (Å²) in [7, 11) is 0. The first kappa shape index (κ1) is 13.9. The fraction of sp³-hybridized carbons (Fsp3) is 0.0556. The van der Waals surface area contributed by atoms with Crippen LogP contribution in [0.3, 0.4) is 0 Å². The van der Waals surface area contributed by atoms with Crippen molar-refractivity contribution in [3.8, 4) is 11.3 Å². The Balaban J connectivity index is 1.66. The number of nitrogens with zero attached hydrogens (tertiary/aromatic N) is 2. The highest BCUT2D eigenvalue weighted by atomic mass is 16.1. The standard InChI is InChI=1S/C18H15N3O/c22-18(19-13-14-7-3-1-4-8-14)17-12-11-16(20-21-17)15-9-5-2-6-10-15/h1-12H,13H2,(H,19,22). The van der Waals surface area contributed by atoms with Gasteiger partial charge in [-0.3, -0.25) is 4.79 Å². The molecule has 0 fully saturated rings. The van der Waals surface area contributed by atoms with Crippen molar-refractivity contribution in [2.45, 2.75) is 6.54 Å². The average Bonchev–Trinajstić information content (AvgIpc) is 2.61. The van der Waals surface area contributed by atoms with Gasteiger partial charge in [-0.1, -0.05) is 60.7 Å². The van der Waals surface area contributed by atoms with Gasteiger partial charge in [-0.25, -0.2) is 0 Å². The number of benzene rings is 2. The number of carbonyl (C=O) groups is 1. The maximum atomic E-state index is 12.1. The largest absolute Gasteiger partial charge is 0.347 e. The number of amides is 1. The minimum Gasteiger partial charge on any atom is -0.347 e. The Kier molecular flexibility index (Phi) is 4.20. The highest BCUT2D eigenvalue weighted by molar-refractivity contribution is 5.92. The highest BCUT2D eigenvalue weighted by Crippen LogP contribution is 2.14. The number of rotatable bonds is 4. The van der Waals surface area contributed by atoms with E-state index < -0.39 is 0 Å². The minimum atomic E-state index is -0.226. The van der Waals surface area contributed by atoms with Gasteiger partial charge in [0.2, 0.25) is 0 Å². The molecular formula is C18H15N3O. The Morgan fingerprint density at radius 2 is 1.50 bits per heavy atom. The molecule has 4 heteroatoms. The van der Waals surface area contributed by atoms with Crippen molar-refractivity contribution in [2.24, 2.45) is 0 Å². The Labute approximate surface area is 128 Å². The summed E-state index contributed by atoms with van der Waals surface area (Å²) in [6, 6.07) is 23.0. The molecule has 0 saturated carbocycles. The van der Waals surface area contributed by atoms with E-state index in [4.69, 9.17) is 0 Å². The molecule has 0 radical (unpaired) electrons. The van der Waals surface area contributed by atoms with Gasteiger partial charge in [0.15, 0.2) is 5.69 Å². The molecule has 4 nitrogen and oxygen atoms in total. The predicted octanol–water partition coefficient (Wildman–Crippen LogP) is 3.07. The first-order valence-corrected chi connectivity index (χ1v) is 7.04. The summed E-state index contributed by atoms with van der Waals surface area (Å²) in [5.74, 6) is -0.226. The van der Waals surface area contributed by atoms with Gasteiger partial charge >= 0.3 is 0 Å². The lowest BCUT2D eigenvalue weighted by molar-refractivity contribution is 0.0945. The zero-order valence-corrected chi connectivity index (χ0v) is 11.9. The quantitative estimate of drug-likeness (QED) is 0.803. The molecule has 0 aliphatic carbocycles. The van der Waals surface area contributed by atoms with Crippen molar-refractivity contribution in [2.75, 3.05) is 0 Å². The van der Waals surface area contributed by atoms with E-state index in [0.717, 1.165) is 16.8 Å². The van der Waals surface area contributed by atoms with Gasteiger partial charge in [-0.05, 0) is 17.7 Å². The Bertz CT molecular complexity index is 740. The molecule has 1 aromatic heterocycles. The van der Waals surface area contributed by atoms with Gasteiger partial charge in [0.05, 0.1) is 5.69 Å². The van der Waals surface area contributed by atoms with Gasteiger partial charge in [0, 0.05) is 12.1 Å². The van der Waals surface area contributed by atoms with Crippen LogP contribution in [0.15, 0.2) is 72.8 Å². The van der Waals surface area contributed by atoms with Crippen LogP contribution in [0.4, 0.5) is 0 Å². The number of hydrogen-bond acceptors (Lipinski definition) is 3. The van der Waals surface area contributed by atoms with E-state index in [0.29, 0.717) is 12.2 Å². The zero-order chi connectivity index (χ0) is 15.2. The molecule has 22 heavy (non-hydrogen) atoms. The van der Waals surface area contributed by atoms with E-state index in [1.54, 1.807) is 12.1 Å². The molecule has 0 spiro atoms. The second-order valence-electron chi connectivity index (χ2n) is 4.84. The Morgan fingerprint density at radius 3 is 2.14 bits per heavy atom. The number of aromatic nitrogens is 2. The summed E-state index contributed by atoms with van der Waals surface area (Å²) in [6.45, 7) is 0.474. The SMILES string of the molecule is O=C(NCc1ccccc1)c1ccc(-c2ccccc2)nn1. The third-order valence-corrected chi connectivity index (χ3v) is 3.26. The van der Waals surface area contributed by atoms with Crippen molar-refractivity contribution in [3.05, 3.63) is 84.1 Å². The summed E-state index contributed by atoms with van der Waals surface area (Å²) in [4.78, 5) is 12.1. The van der Waals surface area contributed by atoms with Gasteiger partial charge < -0.3 is 5.32 Å². The molecule has 1 amide bonds. The van der Waals surface area contributed by atoms with Crippen molar-refractivity contribution < 1.29 is 4.79 Å². The lowest BCUT2D eigenvalue weighted by atomic mass is 10.1. The molecule has 1 heterocycles. The van der Waals surface area contributed by atoms with E-state index in [-0.39, 0.29) is 5.91 Å². The Hall–Kier alpha value is -3.01. The van der Waals surface area contributed by atoms with Crippen LogP contribution in [-0.2, 0) is 6.54 Å². The van der Waals surface area contributed by atoms with E-state index in [9.17, 15) is 4.79 Å². The average molecular weight is 289 g/mol. The van der Waals surface area contributed by atoms with Crippen molar-refractivity contribution in [3.63, 3.8) is 0 Å². The monoisotopic (exact) mass is 289 g/mol. The smallest absolute Gasteiger partial charge is 0.272 e. The third kappa shape index (κ3) is 3.35. The normalized spacial score (nSPS) is 10.2. The molecule has 0 atom stereocenters. The van der Waals surface area contributed by atoms with Crippen LogP contribution in [0.1, 0.15) is 16.1 Å². The van der Waals surface area contributed by atoms with Crippen molar-refractivity contribution in [1.82, 2.24) is 15.5 Å². The molecule has 3 rings (SSSR count). The highest BCUT2D eigenvalue weighted by Gasteiger charge is 2.08. The van der Waals surface area contributed by atoms with E-state index in [2.05, 4.69) is 15.5 Å². The molecule has 0 unspecified atom stereocenters. The van der Waals surface area contributed by atoms with E-state index >= 15 is 0 Å². The third-order valence-electron chi connectivity index (χ3n) is 3.26. The summed E-state index contributed by atoms with van der Waals surface area (Å²) in [5.41, 5.74) is 3.09. The van der Waals surface area contributed by atoms with Crippen LogP contribution in [-0.4, -0.2) is 16.1 Å². The molecule has 2 aromatic carbocycles. The van der Waals surface area contributed by atoms with Gasteiger partial charge in [0.1, 0.15) is 0 Å². The molecule has 0 saturated heterocycles. The number of nitrogens with one attached hydrogen (secondary N) is 1. The summed E-state index contributed by atoms with van der Waals surface area (Å²) in [5, 5.41) is 11.0. The van der Waals surface area contributed by atoms with Crippen LogP contribution in [0.2, 0.25) is 0 Å². The molecule has 0 aliphatic heterocycles. The summed E-state index contributed by atoms with van der Waals surface area (Å²) in [6.07, 6.45) is 0. The Morgan fingerprint density at radius 1 is 0.818 bits per heavy atom. The minimum absolute atomic E-state index is 0.226. The first-order chi connectivity index (χ1) is 10.8. The van der Waals surface area contributed by atoms with Crippen LogP contribution in [0.5, 0.6) is 0 Å². The second kappa shape index (κ2) is 6.63. The van der Waals surface area contributed by atoms with Gasteiger partial charge in [-0.15, -0.1) is 10.2 Å². The maximum absolute atomic E-state index is 12.1. The van der Waals surface area contributed by atoms with Crippen LogP contribution in [0, 0.1) is 0 Å². The van der Waals surface area contributed by atoms with Crippen LogP contribution < -0.4 is 5.32 Å². The molecule has 0 bridgehead atoms. The molecule has 108 valence electrons. The summed E-state index contributed by atoms with van der Waals surface area (Å²) < 4.78 is 0. The second-order valence-corrected chi connectivity index (χ2v) is 4.84. The van der Waals surface area contributed by atoms with E-state index in [1.807, 2.05) is 60.7 Å². The molecule has 3 aromatic rings. The fourth-order valence-corrected chi connectivity index (χ4v) is 2.09. The van der Waals surface area contributed by atoms with Crippen molar-refractivity contribution >= 4 is 5.91 Å². The maximum Gasteiger partial charge on any atom is 0.272 e. The zero-order valence-electron chi connectivity index (χ0n) is 11.9. The molecule has 1 N–H and O–H groups in total. The molecule has 0 aliphatic rings. The first-order valence-electron chi connectivity index (χ1n) is 7.04. The van der Waals surface area contributed by atoms with Gasteiger partial charge in [0.25, 0.3) is 5.91 Å². The van der Waals surface area contributed by atoms with Crippen LogP contribution >= 0.6 is 0 Å². The molecular weight excluding hydrogens is 274 g/mol. The lowest BCUT2D eigenvalue weighted by Gasteiger charge is -2.05. The number of carbonyl (C=O) groups excluding carboxylic acids is 1. The predicted molar refractivity (Wildman–Crippen MR) is 85.1 cm³/mol. The summed E-state index contributed by atoms with van der Waals surface area (Å²) >= 11 is 0.